The van der Waals surface area contributed by atoms with Gasteiger partial charge >= 0.3 is 12.1 Å². The third-order valence-electron chi connectivity index (χ3n) is 11.8. The monoisotopic (exact) mass is 1150 g/mol. The second-order valence-corrected chi connectivity index (χ2v) is 18.3. The van der Waals surface area contributed by atoms with E-state index in [-0.39, 0.29) is 144 Å². The standard InChI is InChI=1S/C44H77N25O12/c1-21(70)63-34(74)23(9-4-14-55-39(47)48)64-35(75)24(10-5-15-56-40(49)50)65-36(76)25(11-6-16-57-41(51)52)66-37(77)26(12-7-17-58-42(53)54)68-43(78)67-22(32(46)73)8-2-3-13-59-44(79)80-18-27-29(71)30(72)38(81-27)69-20-62-28-31(45)60-19-61-33(28)69/h19-20,22-27,29-30,38,71-72H,2-18H2,1H3,(H2,46,73)(H,59,79)(H,64,75)(H,65,76)(H,66,77)(H2,45,60,61)(H4,47,48,55)(H4,49,50,56)(H4,51,52,57)(H4,53,54,58)(H,63,70,74)(H2,67,68,78)/t22-,23-,24-,25-,26-,27+,29+,30+,38+/m0/s1. The third-order valence-corrected chi connectivity index (χ3v) is 11.8. The highest BCUT2D eigenvalue weighted by Crippen LogP contribution is 2.32. The molecule has 2 aromatic heterocycles. The van der Waals surface area contributed by atoms with Crippen LogP contribution in [0.5, 0.6) is 0 Å². The number of nitrogen functional groups attached to an aromatic ring is 1. The quantitative estimate of drug-likeness (QED) is 0.0176. The number of fused-ring (bicyclic) bond motifs is 1. The van der Waals surface area contributed by atoms with Crippen LogP contribution in [0, 0.1) is 0 Å². The lowest BCUT2D eigenvalue weighted by atomic mass is 10.0. The maximum atomic E-state index is 14.2. The minimum Gasteiger partial charge on any atom is -0.447 e. The Balaban J connectivity index is 1.69. The summed E-state index contributed by atoms with van der Waals surface area (Å²) in [6.45, 7) is 0.782. The fourth-order valence-electron chi connectivity index (χ4n) is 7.84. The Kier molecular flexibility index (Phi) is 27.8. The van der Waals surface area contributed by atoms with Crippen LogP contribution in [0.1, 0.15) is 83.8 Å². The molecule has 81 heavy (non-hydrogen) atoms. The highest BCUT2D eigenvalue weighted by atomic mass is 16.6. The maximum absolute atomic E-state index is 14.2. The topological polar surface area (TPSA) is 633 Å². The number of primary amides is 1. The lowest BCUT2D eigenvalue weighted by Gasteiger charge is -2.27. The van der Waals surface area contributed by atoms with Crippen LogP contribution in [-0.4, -0.2) is 189 Å². The number of imidazole rings is 1. The number of anilines is 1. The zero-order valence-corrected chi connectivity index (χ0v) is 44.7. The molecule has 0 radical (unpaired) electrons. The van der Waals surface area contributed by atoms with E-state index in [2.05, 4.69) is 72.1 Å². The predicted molar refractivity (Wildman–Crippen MR) is 292 cm³/mol. The molecule has 1 aliphatic rings. The fourth-order valence-corrected chi connectivity index (χ4v) is 7.84. The minimum atomic E-state index is -1.46. The molecule has 0 bridgehead atoms. The molecule has 0 spiro atoms. The Morgan fingerprint density at radius 2 is 1.05 bits per heavy atom. The Bertz CT molecular complexity index is 2560. The van der Waals surface area contributed by atoms with Gasteiger partial charge in [-0.3, -0.25) is 58.6 Å². The molecule has 1 saturated heterocycles. The summed E-state index contributed by atoms with van der Waals surface area (Å²) in [6, 6.07) is -7.84. The number of alkyl carbamates (subject to hydrolysis) is 1. The number of nitrogens with zero attached hydrogens (tertiary/aromatic N) is 8. The summed E-state index contributed by atoms with van der Waals surface area (Å²) < 4.78 is 12.3. The van der Waals surface area contributed by atoms with E-state index in [1.807, 2.05) is 0 Å². The van der Waals surface area contributed by atoms with Gasteiger partial charge in [0.05, 0.1) is 6.33 Å². The molecule has 3 heterocycles. The first kappa shape index (κ1) is 66.2. The van der Waals surface area contributed by atoms with Crippen molar-refractivity contribution in [1.82, 2.24) is 56.7 Å². The number of aliphatic hydroxyl groups is 2. The van der Waals surface area contributed by atoms with Crippen LogP contribution in [0.2, 0.25) is 0 Å². The van der Waals surface area contributed by atoms with E-state index in [1.165, 1.54) is 17.2 Å². The van der Waals surface area contributed by atoms with Gasteiger partial charge in [-0.05, 0) is 70.6 Å². The normalized spacial score (nSPS) is 17.3. The molecular weight excluding hydrogens is 1070 g/mol. The van der Waals surface area contributed by atoms with Crippen molar-refractivity contribution < 1.29 is 58.0 Å². The number of ether oxygens (including phenoxy) is 2. The Morgan fingerprint density at radius 1 is 0.605 bits per heavy atom. The van der Waals surface area contributed by atoms with Gasteiger partial charge in [0.2, 0.25) is 35.4 Å². The molecule has 0 aromatic carbocycles. The number of aliphatic imine (C=N–C) groups is 4. The average Bonchev–Trinajstić information content (AvgIpc) is 4.21. The number of nitrogens with one attached hydrogen (secondary N) is 7. The highest BCUT2D eigenvalue weighted by molar-refractivity contribution is 6.00. The van der Waals surface area contributed by atoms with E-state index < -0.39 is 109 Å². The largest absolute Gasteiger partial charge is 0.447 e. The lowest BCUT2D eigenvalue weighted by molar-refractivity contribution is -0.135. The summed E-state index contributed by atoms with van der Waals surface area (Å²) in [5, 5.41) is 38.6. The van der Waals surface area contributed by atoms with Crippen LogP contribution < -0.4 is 94.6 Å². The smallest absolute Gasteiger partial charge is 0.407 e. The number of carbonyl (C=O) groups excluding carboxylic acids is 8. The zero-order valence-electron chi connectivity index (χ0n) is 44.7. The summed E-state index contributed by atoms with van der Waals surface area (Å²) in [7, 11) is 0. The maximum Gasteiger partial charge on any atom is 0.407 e. The van der Waals surface area contributed by atoms with E-state index in [9.17, 15) is 48.6 Å². The summed E-state index contributed by atoms with van der Waals surface area (Å²) in [5.74, 6) is -6.02. The molecule has 9 amide bonds. The molecule has 29 N–H and O–H groups in total. The van der Waals surface area contributed by atoms with Crippen LogP contribution >= 0.6 is 0 Å². The second-order valence-electron chi connectivity index (χ2n) is 18.3. The van der Waals surface area contributed by atoms with E-state index in [0.717, 1.165) is 6.92 Å². The van der Waals surface area contributed by atoms with Crippen LogP contribution in [0.25, 0.3) is 11.2 Å². The fraction of sp³-hybridized carbons (Fsp3) is 0.614. The number of imide groups is 1. The van der Waals surface area contributed by atoms with Crippen molar-refractivity contribution in [2.45, 2.75) is 132 Å². The van der Waals surface area contributed by atoms with Gasteiger partial charge in [0.25, 0.3) is 0 Å². The molecule has 0 unspecified atom stereocenters. The average molecular weight is 1150 g/mol. The van der Waals surface area contributed by atoms with E-state index in [1.54, 1.807) is 0 Å². The van der Waals surface area contributed by atoms with Crippen molar-refractivity contribution in [3.05, 3.63) is 12.7 Å². The number of carbonyl (C=O) groups is 8. The molecular formula is C44H77N25O12. The minimum absolute atomic E-state index is 0.00167. The van der Waals surface area contributed by atoms with Gasteiger partial charge < -0.3 is 109 Å². The number of rotatable bonds is 34. The number of nitrogens with two attached hydrogens (primary N) is 10. The van der Waals surface area contributed by atoms with Crippen LogP contribution in [0.3, 0.4) is 0 Å². The van der Waals surface area contributed by atoms with Gasteiger partial charge in [-0.25, -0.2) is 24.5 Å². The summed E-state index contributed by atoms with van der Waals surface area (Å²) in [6.07, 6.45) is -2.99. The molecule has 1 fully saturated rings. The van der Waals surface area contributed by atoms with Gasteiger partial charge in [0, 0.05) is 39.6 Å². The number of amides is 9. The van der Waals surface area contributed by atoms with Crippen molar-refractivity contribution >= 4 is 88.4 Å². The first-order valence-electron chi connectivity index (χ1n) is 25.5. The molecule has 3 rings (SSSR count). The number of aliphatic hydroxyl groups excluding tert-OH is 2. The van der Waals surface area contributed by atoms with Gasteiger partial charge in [0.1, 0.15) is 67.0 Å². The first-order chi connectivity index (χ1) is 38.4. The van der Waals surface area contributed by atoms with Crippen molar-refractivity contribution in [3.63, 3.8) is 0 Å². The summed E-state index contributed by atoms with van der Waals surface area (Å²) in [4.78, 5) is 133. The number of hydrogen-bond acceptors (Lipinski definition) is 20. The van der Waals surface area contributed by atoms with Crippen molar-refractivity contribution in [3.8, 4) is 0 Å². The van der Waals surface area contributed by atoms with Crippen LogP contribution in [0.15, 0.2) is 32.6 Å². The van der Waals surface area contributed by atoms with Gasteiger partial charge in [-0.15, -0.1) is 0 Å². The molecule has 0 saturated carbocycles. The van der Waals surface area contributed by atoms with Crippen LogP contribution in [0.4, 0.5) is 15.4 Å². The lowest BCUT2D eigenvalue weighted by Crippen LogP contribution is -2.59. The number of unbranched alkanes of at least 4 members (excludes halogenated alkanes) is 1. The predicted octanol–water partition coefficient (Wildman–Crippen LogP) is -8.22. The Hall–Kier alpha value is -9.13. The summed E-state index contributed by atoms with van der Waals surface area (Å²) in [5.41, 5.74) is 55.7. The van der Waals surface area contributed by atoms with Crippen molar-refractivity contribution in [2.75, 3.05) is 45.1 Å². The molecule has 2 aromatic rings. The zero-order chi connectivity index (χ0) is 60.2. The third kappa shape index (κ3) is 23.8. The summed E-state index contributed by atoms with van der Waals surface area (Å²) >= 11 is 0. The number of urea groups is 1. The van der Waals surface area contributed by atoms with Crippen molar-refractivity contribution in [1.29, 1.82) is 0 Å². The Morgan fingerprint density at radius 3 is 1.51 bits per heavy atom. The van der Waals surface area contributed by atoms with Gasteiger partial charge in [-0.1, -0.05) is 0 Å². The van der Waals surface area contributed by atoms with Crippen molar-refractivity contribution in [2.24, 2.45) is 71.6 Å². The van der Waals surface area contributed by atoms with Crippen LogP contribution in [-0.2, 0) is 38.2 Å². The molecule has 9 atom stereocenters. The van der Waals surface area contributed by atoms with E-state index >= 15 is 0 Å². The second kappa shape index (κ2) is 34.0. The van der Waals surface area contributed by atoms with E-state index in [4.69, 9.17) is 66.8 Å². The number of guanidine groups is 4. The first-order valence-corrected chi connectivity index (χ1v) is 25.5. The molecule has 37 heteroatoms. The molecule has 1 aliphatic heterocycles. The molecule has 0 aliphatic carbocycles. The number of hydrogen-bond donors (Lipinski definition) is 19. The molecule has 37 nitrogen and oxygen atoms in total. The van der Waals surface area contributed by atoms with Gasteiger partial charge in [-0.2, -0.15) is 0 Å². The molecule has 450 valence electrons. The highest BCUT2D eigenvalue weighted by Gasteiger charge is 2.45. The van der Waals surface area contributed by atoms with E-state index in [0.29, 0.717) is 0 Å². The number of aromatic nitrogens is 4. The van der Waals surface area contributed by atoms with Gasteiger partial charge in [0.15, 0.2) is 41.5 Å². The Labute approximate surface area is 463 Å². The SMILES string of the molecule is CC(=O)NC(=O)[C@H](CCCN=C(N)N)NC(=O)[C@H](CCCN=C(N)N)NC(=O)[C@H](CCCN=C(N)N)NC(=O)[C@H](CCCN=C(N)N)NC(=O)N[C@@H](CCCCNC(=O)OC[C@H]1O[C@@H](n2cnc3c(N)ncnc32)[C@H](O)[C@@H]1O)C(N)=O.